The Labute approximate surface area is 111 Å². The number of halogens is 3. The molecular formula is C14H18F3NO. The van der Waals surface area contributed by atoms with E-state index in [1.807, 2.05) is 6.92 Å². The maximum Gasteiger partial charge on any atom is 0.387 e. The van der Waals surface area contributed by atoms with Crippen molar-refractivity contribution in [1.82, 2.24) is 5.32 Å². The second-order valence-electron chi connectivity index (χ2n) is 4.94. The molecule has 2 nitrogen and oxygen atoms in total. The Morgan fingerprint density at radius 1 is 1.26 bits per heavy atom. The van der Waals surface area contributed by atoms with E-state index in [2.05, 4.69) is 10.1 Å². The number of piperidine rings is 1. The lowest BCUT2D eigenvalue weighted by molar-refractivity contribution is -0.0500. The van der Waals surface area contributed by atoms with Gasteiger partial charge in [0.05, 0.1) is 0 Å². The van der Waals surface area contributed by atoms with Crippen LogP contribution in [0.5, 0.6) is 5.75 Å². The molecule has 1 N–H and O–H groups in total. The summed E-state index contributed by atoms with van der Waals surface area (Å²) in [6.07, 6.45) is 2.02. The minimum atomic E-state index is -2.92. The monoisotopic (exact) mass is 273 g/mol. The van der Waals surface area contributed by atoms with Gasteiger partial charge in [0.25, 0.3) is 0 Å². The molecular weight excluding hydrogens is 255 g/mol. The van der Waals surface area contributed by atoms with Crippen molar-refractivity contribution in [3.8, 4) is 5.75 Å². The van der Waals surface area contributed by atoms with Gasteiger partial charge in [-0.1, -0.05) is 13.0 Å². The normalized spacial score (nSPS) is 18.6. The fourth-order valence-electron chi connectivity index (χ4n) is 2.65. The van der Waals surface area contributed by atoms with Crippen LogP contribution in [-0.2, 0) is 0 Å². The lowest BCUT2D eigenvalue weighted by Crippen LogP contribution is -2.30. The summed E-state index contributed by atoms with van der Waals surface area (Å²) in [5.74, 6) is -0.0849. The topological polar surface area (TPSA) is 21.3 Å². The summed E-state index contributed by atoms with van der Waals surface area (Å²) >= 11 is 0. The predicted octanol–water partition coefficient (Wildman–Crippen LogP) is 3.53. The predicted molar refractivity (Wildman–Crippen MR) is 67.0 cm³/mol. The molecule has 0 amide bonds. The van der Waals surface area contributed by atoms with Crippen molar-refractivity contribution in [1.29, 1.82) is 0 Å². The zero-order valence-corrected chi connectivity index (χ0v) is 10.8. The van der Waals surface area contributed by atoms with Gasteiger partial charge in [0.15, 0.2) is 0 Å². The highest BCUT2D eigenvalue weighted by Crippen LogP contribution is 2.33. The molecule has 0 aliphatic carbocycles. The summed E-state index contributed by atoms with van der Waals surface area (Å²) < 4.78 is 42.3. The highest BCUT2D eigenvalue weighted by Gasteiger charge is 2.23. The summed E-state index contributed by atoms with van der Waals surface area (Å²) in [7, 11) is 0. The Balaban J connectivity index is 2.10. The van der Waals surface area contributed by atoms with Gasteiger partial charge >= 0.3 is 6.61 Å². The fourth-order valence-corrected chi connectivity index (χ4v) is 2.65. The summed E-state index contributed by atoms with van der Waals surface area (Å²) in [5.41, 5.74) is 0.577. The number of hydrogen-bond donors (Lipinski definition) is 1. The molecule has 0 radical (unpaired) electrons. The Morgan fingerprint density at radius 3 is 2.53 bits per heavy atom. The highest BCUT2D eigenvalue weighted by molar-refractivity contribution is 5.31. The second-order valence-corrected chi connectivity index (χ2v) is 4.94. The average molecular weight is 273 g/mol. The van der Waals surface area contributed by atoms with Crippen molar-refractivity contribution in [2.75, 3.05) is 13.1 Å². The van der Waals surface area contributed by atoms with Crippen LogP contribution in [0.25, 0.3) is 0 Å². The molecule has 1 unspecified atom stereocenters. The molecule has 0 aromatic heterocycles. The third-order valence-electron chi connectivity index (χ3n) is 3.78. The number of rotatable bonds is 4. The third kappa shape index (κ3) is 3.62. The lowest BCUT2D eigenvalue weighted by atomic mass is 9.81. The molecule has 1 aliphatic rings. The van der Waals surface area contributed by atoms with E-state index in [-0.39, 0.29) is 11.7 Å². The number of benzene rings is 1. The summed E-state index contributed by atoms with van der Waals surface area (Å²) in [4.78, 5) is 0. The van der Waals surface area contributed by atoms with Gasteiger partial charge in [0.2, 0.25) is 0 Å². The molecule has 0 spiro atoms. The van der Waals surface area contributed by atoms with Crippen LogP contribution in [0.3, 0.4) is 0 Å². The standard InChI is InChI=1S/C14H18F3NO/c1-9(10-4-6-18-7-5-10)12-3-2-11(8-13(12)15)19-14(16)17/h2-3,8-10,14,18H,4-7H2,1H3. The number of ether oxygens (including phenoxy) is 1. The lowest BCUT2D eigenvalue weighted by Gasteiger charge is -2.28. The van der Waals surface area contributed by atoms with Gasteiger partial charge in [-0.25, -0.2) is 4.39 Å². The van der Waals surface area contributed by atoms with E-state index >= 15 is 0 Å². The van der Waals surface area contributed by atoms with Crippen LogP contribution >= 0.6 is 0 Å². The van der Waals surface area contributed by atoms with Crippen LogP contribution in [-0.4, -0.2) is 19.7 Å². The average Bonchev–Trinajstić information content (AvgIpc) is 2.38. The first-order chi connectivity index (χ1) is 9.08. The summed E-state index contributed by atoms with van der Waals surface area (Å²) in [5, 5.41) is 3.27. The van der Waals surface area contributed by atoms with E-state index in [0.717, 1.165) is 32.0 Å². The van der Waals surface area contributed by atoms with Crippen molar-refractivity contribution in [2.45, 2.75) is 32.3 Å². The van der Waals surface area contributed by atoms with E-state index in [9.17, 15) is 13.2 Å². The minimum Gasteiger partial charge on any atom is -0.435 e. The molecule has 1 atom stereocenters. The molecule has 1 aromatic carbocycles. The van der Waals surface area contributed by atoms with E-state index in [0.29, 0.717) is 11.5 Å². The number of alkyl halides is 2. The summed E-state index contributed by atoms with van der Waals surface area (Å²) in [6, 6.07) is 4.00. The molecule has 2 rings (SSSR count). The van der Waals surface area contributed by atoms with Crippen LogP contribution in [0.1, 0.15) is 31.2 Å². The largest absolute Gasteiger partial charge is 0.435 e. The van der Waals surface area contributed by atoms with E-state index < -0.39 is 12.4 Å². The first-order valence-corrected chi connectivity index (χ1v) is 6.53. The molecule has 1 fully saturated rings. The van der Waals surface area contributed by atoms with E-state index in [4.69, 9.17) is 0 Å². The van der Waals surface area contributed by atoms with Crippen LogP contribution in [0.4, 0.5) is 13.2 Å². The molecule has 1 heterocycles. The highest BCUT2D eigenvalue weighted by atomic mass is 19.3. The molecule has 0 saturated carbocycles. The van der Waals surface area contributed by atoms with Gasteiger partial charge in [0, 0.05) is 6.07 Å². The van der Waals surface area contributed by atoms with Crippen molar-refractivity contribution in [2.24, 2.45) is 5.92 Å². The van der Waals surface area contributed by atoms with Gasteiger partial charge in [-0.05, 0) is 49.4 Å². The van der Waals surface area contributed by atoms with Crippen LogP contribution in [0, 0.1) is 11.7 Å². The van der Waals surface area contributed by atoms with Gasteiger partial charge in [-0.3, -0.25) is 0 Å². The molecule has 19 heavy (non-hydrogen) atoms. The fraction of sp³-hybridized carbons (Fsp3) is 0.571. The van der Waals surface area contributed by atoms with Crippen molar-refractivity contribution >= 4 is 0 Å². The van der Waals surface area contributed by atoms with E-state index in [1.54, 1.807) is 6.07 Å². The van der Waals surface area contributed by atoms with Crippen LogP contribution < -0.4 is 10.1 Å². The maximum atomic E-state index is 14.0. The quantitative estimate of drug-likeness (QED) is 0.906. The van der Waals surface area contributed by atoms with Crippen molar-refractivity contribution in [3.05, 3.63) is 29.6 Å². The smallest absolute Gasteiger partial charge is 0.387 e. The van der Waals surface area contributed by atoms with E-state index in [1.165, 1.54) is 6.07 Å². The van der Waals surface area contributed by atoms with Crippen LogP contribution in [0.2, 0.25) is 0 Å². The number of nitrogens with one attached hydrogen (secondary N) is 1. The zero-order chi connectivity index (χ0) is 13.8. The Morgan fingerprint density at radius 2 is 1.95 bits per heavy atom. The van der Waals surface area contributed by atoms with Crippen molar-refractivity contribution in [3.63, 3.8) is 0 Å². The van der Waals surface area contributed by atoms with Gasteiger partial charge < -0.3 is 10.1 Å². The third-order valence-corrected chi connectivity index (χ3v) is 3.78. The van der Waals surface area contributed by atoms with Gasteiger partial charge in [-0.15, -0.1) is 0 Å². The first-order valence-electron chi connectivity index (χ1n) is 6.53. The molecule has 5 heteroatoms. The number of hydrogen-bond acceptors (Lipinski definition) is 2. The Hall–Kier alpha value is -1.23. The molecule has 106 valence electrons. The van der Waals surface area contributed by atoms with Gasteiger partial charge in [0.1, 0.15) is 11.6 Å². The first kappa shape index (κ1) is 14.2. The molecule has 0 bridgehead atoms. The van der Waals surface area contributed by atoms with Gasteiger partial charge in [-0.2, -0.15) is 8.78 Å². The van der Waals surface area contributed by atoms with Crippen molar-refractivity contribution < 1.29 is 17.9 Å². The van der Waals surface area contributed by atoms with Crippen LogP contribution in [0.15, 0.2) is 18.2 Å². The SMILES string of the molecule is CC(c1ccc(OC(F)F)cc1F)C1CCNCC1. The Kier molecular flexibility index (Phi) is 4.69. The second kappa shape index (κ2) is 6.28. The maximum absolute atomic E-state index is 14.0. The molecule has 1 aliphatic heterocycles. The minimum absolute atomic E-state index is 0.0858. The zero-order valence-electron chi connectivity index (χ0n) is 10.8. The Bertz CT molecular complexity index is 419. The summed E-state index contributed by atoms with van der Waals surface area (Å²) in [6.45, 7) is 0.959. The molecule has 1 aromatic rings. The molecule has 1 saturated heterocycles.